The lowest BCUT2D eigenvalue weighted by molar-refractivity contribution is -0.112. The van der Waals surface area contributed by atoms with Gasteiger partial charge >= 0.3 is 0 Å². The van der Waals surface area contributed by atoms with Crippen molar-refractivity contribution in [2.24, 2.45) is 5.73 Å². The summed E-state index contributed by atoms with van der Waals surface area (Å²) < 4.78 is 31.3. The van der Waals surface area contributed by atoms with E-state index in [4.69, 9.17) is 15.3 Å². The van der Waals surface area contributed by atoms with Gasteiger partial charge in [-0.3, -0.25) is 9.74 Å². The zero-order valence-electron chi connectivity index (χ0n) is 14.6. The maximum atomic E-state index is 12.4. The normalized spacial score (nSPS) is 17.3. The van der Waals surface area contributed by atoms with Crippen molar-refractivity contribution in [3.05, 3.63) is 0 Å². The van der Waals surface area contributed by atoms with Crippen LogP contribution in [-0.2, 0) is 19.6 Å². The molecule has 0 aromatic heterocycles. The highest BCUT2D eigenvalue weighted by atomic mass is 32.2. The predicted molar refractivity (Wildman–Crippen MR) is 91.5 cm³/mol. The predicted octanol–water partition coefficient (Wildman–Crippen LogP) is 0.810. The molecule has 1 aliphatic heterocycles. The van der Waals surface area contributed by atoms with Gasteiger partial charge in [0, 0.05) is 25.7 Å². The summed E-state index contributed by atoms with van der Waals surface area (Å²) in [4.78, 5) is 7.82. The van der Waals surface area contributed by atoms with Crippen LogP contribution in [0.5, 0.6) is 0 Å². The van der Waals surface area contributed by atoms with Gasteiger partial charge in [-0.15, -0.1) is 0 Å². The Balaban J connectivity index is 2.35. The van der Waals surface area contributed by atoms with E-state index in [1.54, 1.807) is 0 Å². The Morgan fingerprint density at radius 1 is 1.17 bits per heavy atom. The summed E-state index contributed by atoms with van der Waals surface area (Å²) >= 11 is 0. The summed E-state index contributed by atoms with van der Waals surface area (Å²) in [6.07, 6.45) is 3.46. The molecule has 2 N–H and O–H groups in total. The second kappa shape index (κ2) is 11.3. The van der Waals surface area contributed by atoms with Crippen molar-refractivity contribution in [3.63, 3.8) is 0 Å². The highest BCUT2D eigenvalue weighted by Crippen LogP contribution is 2.12. The molecule has 0 radical (unpaired) electrons. The molecule has 0 aromatic carbocycles. The van der Waals surface area contributed by atoms with E-state index < -0.39 is 10.0 Å². The van der Waals surface area contributed by atoms with E-state index in [1.807, 2.05) is 13.8 Å². The minimum absolute atomic E-state index is 0.132. The Morgan fingerprint density at radius 3 is 2.43 bits per heavy atom. The molecule has 0 atom stereocenters. The van der Waals surface area contributed by atoms with E-state index in [0.717, 1.165) is 52.1 Å². The molecule has 1 heterocycles. The van der Waals surface area contributed by atoms with E-state index in [9.17, 15) is 8.42 Å². The molecule has 23 heavy (non-hydrogen) atoms. The summed E-state index contributed by atoms with van der Waals surface area (Å²) in [5.74, 6) is 0.132. The number of hydrogen-bond donors (Lipinski definition) is 1. The smallest absolute Gasteiger partial charge is 0.236 e. The monoisotopic (exact) mass is 351 g/mol. The van der Waals surface area contributed by atoms with Crippen molar-refractivity contribution >= 4 is 10.0 Å². The largest absolute Gasteiger partial charge is 0.379 e. The molecular formula is C15H33N3O4S. The molecule has 1 rings (SSSR count). The molecule has 138 valence electrons. The zero-order chi connectivity index (χ0) is 17.1. The highest BCUT2D eigenvalue weighted by Gasteiger charge is 2.26. The SMILES string of the molecule is CC(C)N(OCCN1CCOCC1)S(=O)(=O)CCCCCCN. The lowest BCUT2D eigenvalue weighted by atomic mass is 10.2. The molecule has 8 heteroatoms. The molecule has 0 aliphatic carbocycles. The molecule has 0 aromatic rings. The Morgan fingerprint density at radius 2 is 1.83 bits per heavy atom. The Bertz CT molecular complexity index is 398. The van der Waals surface area contributed by atoms with Gasteiger partial charge in [0.25, 0.3) is 0 Å². The highest BCUT2D eigenvalue weighted by molar-refractivity contribution is 7.88. The number of ether oxygens (including phenoxy) is 1. The number of hydroxylamine groups is 1. The van der Waals surface area contributed by atoms with E-state index in [1.165, 1.54) is 4.47 Å². The molecular weight excluding hydrogens is 318 g/mol. The van der Waals surface area contributed by atoms with Crippen molar-refractivity contribution in [1.82, 2.24) is 9.37 Å². The molecule has 1 saturated heterocycles. The number of rotatable bonds is 12. The summed E-state index contributed by atoms with van der Waals surface area (Å²) in [5, 5.41) is 0. The van der Waals surface area contributed by atoms with Crippen molar-refractivity contribution in [3.8, 4) is 0 Å². The van der Waals surface area contributed by atoms with Gasteiger partial charge in [-0.25, -0.2) is 8.42 Å². The Labute approximate surface area is 141 Å². The number of nitrogens with zero attached hydrogens (tertiary/aromatic N) is 2. The second-order valence-corrected chi connectivity index (χ2v) is 8.09. The van der Waals surface area contributed by atoms with Gasteiger partial charge in [0.2, 0.25) is 10.0 Å². The van der Waals surface area contributed by atoms with Crippen molar-refractivity contribution < 1.29 is 18.0 Å². The first kappa shape index (κ1) is 20.8. The van der Waals surface area contributed by atoms with Crippen LogP contribution in [0, 0.1) is 0 Å². The number of morpholine rings is 1. The molecule has 0 unspecified atom stereocenters. The number of hydrogen-bond acceptors (Lipinski definition) is 6. The first-order valence-electron chi connectivity index (χ1n) is 8.62. The van der Waals surface area contributed by atoms with Gasteiger partial charge < -0.3 is 10.5 Å². The fraction of sp³-hybridized carbons (Fsp3) is 1.00. The average Bonchev–Trinajstić information content (AvgIpc) is 2.51. The van der Waals surface area contributed by atoms with Gasteiger partial charge in [0.15, 0.2) is 0 Å². The number of unbranched alkanes of at least 4 members (excludes halogenated alkanes) is 3. The molecule has 1 fully saturated rings. The standard InChI is InChI=1S/C15H33N3O4S/c1-15(2)18(22-13-10-17-8-11-21-12-9-17)23(19,20)14-6-4-3-5-7-16/h15H,3-14,16H2,1-2H3. The molecule has 7 nitrogen and oxygen atoms in total. The third-order valence-corrected chi connectivity index (χ3v) is 5.66. The van der Waals surface area contributed by atoms with E-state index >= 15 is 0 Å². The Hall–Kier alpha value is -0.250. The van der Waals surface area contributed by atoms with Gasteiger partial charge in [-0.2, -0.15) is 0 Å². The van der Waals surface area contributed by atoms with Gasteiger partial charge in [-0.05, 0) is 33.2 Å². The summed E-state index contributed by atoms with van der Waals surface area (Å²) in [6.45, 7) is 8.64. The molecule has 0 amide bonds. The van der Waals surface area contributed by atoms with Crippen LogP contribution in [0.2, 0.25) is 0 Å². The minimum Gasteiger partial charge on any atom is -0.379 e. The van der Waals surface area contributed by atoms with Crippen molar-refractivity contribution in [1.29, 1.82) is 0 Å². The molecule has 0 bridgehead atoms. The fourth-order valence-corrected chi connectivity index (χ4v) is 4.13. The average molecular weight is 352 g/mol. The van der Waals surface area contributed by atoms with Crippen LogP contribution in [0.1, 0.15) is 39.5 Å². The van der Waals surface area contributed by atoms with Crippen LogP contribution in [-0.4, -0.2) is 75.6 Å². The maximum Gasteiger partial charge on any atom is 0.236 e. The second-order valence-electron chi connectivity index (χ2n) is 6.16. The topological polar surface area (TPSA) is 85.1 Å². The molecule has 1 aliphatic rings. The van der Waals surface area contributed by atoms with E-state index in [0.29, 0.717) is 19.6 Å². The van der Waals surface area contributed by atoms with Crippen LogP contribution in [0.25, 0.3) is 0 Å². The first-order valence-corrected chi connectivity index (χ1v) is 10.2. The zero-order valence-corrected chi connectivity index (χ0v) is 15.4. The quantitative estimate of drug-likeness (QED) is 0.414. The number of sulfonamides is 1. The molecule has 0 saturated carbocycles. The van der Waals surface area contributed by atoms with Crippen LogP contribution >= 0.6 is 0 Å². The van der Waals surface area contributed by atoms with Crippen LogP contribution in [0.4, 0.5) is 0 Å². The maximum absolute atomic E-state index is 12.4. The lowest BCUT2D eigenvalue weighted by Crippen LogP contribution is -2.42. The van der Waals surface area contributed by atoms with Gasteiger partial charge in [0.05, 0.1) is 25.6 Å². The van der Waals surface area contributed by atoms with Gasteiger partial charge in [0.1, 0.15) is 0 Å². The number of nitrogens with two attached hydrogens (primary N) is 1. The van der Waals surface area contributed by atoms with E-state index in [-0.39, 0.29) is 11.8 Å². The first-order chi connectivity index (χ1) is 11.0. The van der Waals surface area contributed by atoms with Crippen LogP contribution < -0.4 is 5.73 Å². The fourth-order valence-electron chi connectivity index (χ4n) is 2.51. The summed E-state index contributed by atoms with van der Waals surface area (Å²) in [5.41, 5.74) is 5.44. The lowest BCUT2D eigenvalue weighted by Gasteiger charge is -2.29. The summed E-state index contributed by atoms with van der Waals surface area (Å²) in [6, 6.07) is -0.200. The van der Waals surface area contributed by atoms with Crippen LogP contribution in [0.15, 0.2) is 0 Å². The van der Waals surface area contributed by atoms with Crippen LogP contribution in [0.3, 0.4) is 0 Å². The van der Waals surface area contributed by atoms with Crippen molar-refractivity contribution in [2.45, 2.75) is 45.6 Å². The van der Waals surface area contributed by atoms with Gasteiger partial charge in [-0.1, -0.05) is 17.3 Å². The molecule has 0 spiro atoms. The third-order valence-electron chi connectivity index (χ3n) is 3.78. The van der Waals surface area contributed by atoms with E-state index in [2.05, 4.69) is 4.90 Å². The Kier molecular flexibility index (Phi) is 10.2. The third kappa shape index (κ3) is 8.42. The summed E-state index contributed by atoms with van der Waals surface area (Å²) in [7, 11) is -3.38. The van der Waals surface area contributed by atoms with Crippen molar-refractivity contribution in [2.75, 3.05) is 51.8 Å². The minimum atomic E-state index is -3.38.